The van der Waals surface area contributed by atoms with Crippen LogP contribution in [-0.4, -0.2) is 24.8 Å². The van der Waals surface area contributed by atoms with Gasteiger partial charge in [0.15, 0.2) is 11.6 Å². The van der Waals surface area contributed by atoms with Gasteiger partial charge in [-0.15, -0.1) is 0 Å². The number of benzene rings is 4. The second-order valence-electron chi connectivity index (χ2n) is 10.1. The standard InChI is InChI=1S/C37H34O4/c1-3-29(38)11-9-25-40-31-21-17-27(18-22-31)37(28-19-23-32(24-20-28)41-26-10-12-30(39)4-2)35-15-7-5-13-33(35)34-14-6-8-16-36(34)37/h3-8,13-24H,1-2,9-12,25-26H2. The van der Waals surface area contributed by atoms with Gasteiger partial charge in [-0.2, -0.15) is 0 Å². The SMILES string of the molecule is C=CC(=O)CCCOc1ccc(C2(c3ccc(OCCCC(=O)C=C)cc3)c3ccccc3-c3ccccc32)cc1. The maximum atomic E-state index is 11.5. The van der Waals surface area contributed by atoms with Crippen molar-refractivity contribution in [1.82, 2.24) is 0 Å². The van der Waals surface area contributed by atoms with Gasteiger partial charge in [-0.05, 0) is 82.6 Å². The van der Waals surface area contributed by atoms with Crippen LogP contribution in [0.5, 0.6) is 11.5 Å². The highest BCUT2D eigenvalue weighted by Crippen LogP contribution is 2.56. The van der Waals surface area contributed by atoms with Crippen molar-refractivity contribution in [2.24, 2.45) is 0 Å². The van der Waals surface area contributed by atoms with Crippen LogP contribution in [0, 0.1) is 0 Å². The summed E-state index contributed by atoms with van der Waals surface area (Å²) >= 11 is 0. The summed E-state index contributed by atoms with van der Waals surface area (Å²) in [7, 11) is 0. The van der Waals surface area contributed by atoms with Crippen LogP contribution in [0.1, 0.15) is 47.9 Å². The average Bonchev–Trinajstić information content (AvgIpc) is 3.33. The molecule has 4 aromatic carbocycles. The van der Waals surface area contributed by atoms with E-state index in [1.807, 2.05) is 24.3 Å². The number of ether oxygens (including phenoxy) is 2. The van der Waals surface area contributed by atoms with Gasteiger partial charge in [-0.1, -0.05) is 86.0 Å². The minimum Gasteiger partial charge on any atom is -0.494 e. The van der Waals surface area contributed by atoms with Crippen molar-refractivity contribution < 1.29 is 19.1 Å². The molecule has 0 unspecified atom stereocenters. The van der Waals surface area contributed by atoms with Crippen LogP contribution in [0.25, 0.3) is 11.1 Å². The Morgan fingerprint density at radius 1 is 0.585 bits per heavy atom. The number of carbonyl (C=O) groups is 2. The van der Waals surface area contributed by atoms with Crippen molar-refractivity contribution in [3.63, 3.8) is 0 Å². The molecule has 0 atom stereocenters. The third-order valence-electron chi connectivity index (χ3n) is 7.65. The van der Waals surface area contributed by atoms with Crippen molar-refractivity contribution in [2.45, 2.75) is 31.1 Å². The van der Waals surface area contributed by atoms with E-state index in [0.29, 0.717) is 38.9 Å². The molecule has 4 heteroatoms. The Hall–Kier alpha value is -4.70. The molecule has 0 saturated heterocycles. The summed E-state index contributed by atoms with van der Waals surface area (Å²) in [6, 6.07) is 33.8. The second-order valence-corrected chi connectivity index (χ2v) is 10.1. The summed E-state index contributed by atoms with van der Waals surface area (Å²) in [5, 5.41) is 0. The first-order valence-corrected chi connectivity index (χ1v) is 14.0. The first kappa shape index (κ1) is 27.9. The molecule has 5 rings (SSSR count). The number of allylic oxidation sites excluding steroid dienone is 2. The third-order valence-corrected chi connectivity index (χ3v) is 7.65. The van der Waals surface area contributed by atoms with Crippen LogP contribution >= 0.6 is 0 Å². The lowest BCUT2D eigenvalue weighted by Gasteiger charge is -2.34. The predicted octanol–water partition coefficient (Wildman–Crippen LogP) is 7.88. The first-order valence-electron chi connectivity index (χ1n) is 14.0. The van der Waals surface area contributed by atoms with Gasteiger partial charge >= 0.3 is 0 Å². The summed E-state index contributed by atoms with van der Waals surface area (Å²) in [6.07, 6.45) is 4.88. The van der Waals surface area contributed by atoms with Gasteiger partial charge in [0.05, 0.1) is 18.6 Å². The fourth-order valence-electron chi connectivity index (χ4n) is 5.70. The van der Waals surface area contributed by atoms with Crippen LogP contribution in [0.15, 0.2) is 122 Å². The van der Waals surface area contributed by atoms with Crippen molar-refractivity contribution in [2.75, 3.05) is 13.2 Å². The van der Waals surface area contributed by atoms with Gasteiger partial charge in [0, 0.05) is 12.8 Å². The highest BCUT2D eigenvalue weighted by molar-refractivity contribution is 5.89. The number of rotatable bonds is 14. The Balaban J connectivity index is 1.48. The van der Waals surface area contributed by atoms with E-state index in [-0.39, 0.29) is 11.6 Å². The Morgan fingerprint density at radius 3 is 1.37 bits per heavy atom. The zero-order valence-corrected chi connectivity index (χ0v) is 23.2. The average molecular weight is 543 g/mol. The van der Waals surface area contributed by atoms with E-state index in [0.717, 1.165) is 22.6 Å². The summed E-state index contributed by atoms with van der Waals surface area (Å²) in [4.78, 5) is 23.0. The van der Waals surface area contributed by atoms with Crippen LogP contribution in [0.2, 0.25) is 0 Å². The monoisotopic (exact) mass is 542 g/mol. The molecule has 0 aliphatic heterocycles. The molecule has 0 heterocycles. The number of fused-ring (bicyclic) bond motifs is 3. The summed E-state index contributed by atoms with van der Waals surface area (Å²) in [5.41, 5.74) is 6.67. The highest BCUT2D eigenvalue weighted by atomic mass is 16.5. The maximum Gasteiger partial charge on any atom is 0.155 e. The fourth-order valence-corrected chi connectivity index (χ4v) is 5.70. The molecule has 0 radical (unpaired) electrons. The molecule has 0 amide bonds. The van der Waals surface area contributed by atoms with E-state index in [2.05, 4.69) is 86.0 Å². The molecule has 206 valence electrons. The quantitative estimate of drug-likeness (QED) is 0.106. The van der Waals surface area contributed by atoms with Gasteiger partial charge in [0.2, 0.25) is 0 Å². The molecule has 4 nitrogen and oxygen atoms in total. The first-order chi connectivity index (χ1) is 20.1. The van der Waals surface area contributed by atoms with Crippen LogP contribution < -0.4 is 9.47 Å². The molecule has 0 saturated carbocycles. The number of carbonyl (C=O) groups excluding carboxylic acids is 2. The lowest BCUT2D eigenvalue weighted by atomic mass is 9.68. The molecule has 0 aromatic heterocycles. The molecular formula is C37H34O4. The van der Waals surface area contributed by atoms with Gasteiger partial charge in [0.1, 0.15) is 11.5 Å². The van der Waals surface area contributed by atoms with E-state index >= 15 is 0 Å². The number of hydrogen-bond acceptors (Lipinski definition) is 4. The van der Waals surface area contributed by atoms with Crippen molar-refractivity contribution >= 4 is 11.6 Å². The zero-order chi connectivity index (χ0) is 28.7. The molecule has 0 bridgehead atoms. The van der Waals surface area contributed by atoms with Gasteiger partial charge < -0.3 is 9.47 Å². The number of ketones is 2. The van der Waals surface area contributed by atoms with Gasteiger partial charge in [-0.25, -0.2) is 0 Å². The van der Waals surface area contributed by atoms with Crippen molar-refractivity contribution in [3.8, 4) is 22.6 Å². The minimum atomic E-state index is -0.517. The Labute approximate surface area is 242 Å². The van der Waals surface area contributed by atoms with Crippen molar-refractivity contribution in [3.05, 3.63) is 145 Å². The Kier molecular flexibility index (Phi) is 8.59. The molecule has 0 N–H and O–H groups in total. The van der Waals surface area contributed by atoms with Gasteiger partial charge in [0.25, 0.3) is 0 Å². The molecule has 0 fully saturated rings. The van der Waals surface area contributed by atoms with Crippen LogP contribution in [0.4, 0.5) is 0 Å². The molecular weight excluding hydrogens is 508 g/mol. The lowest BCUT2D eigenvalue weighted by Crippen LogP contribution is -2.28. The van der Waals surface area contributed by atoms with E-state index in [1.54, 1.807) is 0 Å². The molecule has 1 aliphatic rings. The van der Waals surface area contributed by atoms with Crippen molar-refractivity contribution in [1.29, 1.82) is 0 Å². The minimum absolute atomic E-state index is 0.0312. The lowest BCUT2D eigenvalue weighted by molar-refractivity contribution is -0.115. The summed E-state index contributed by atoms with van der Waals surface area (Å²) in [5.74, 6) is 1.61. The Bertz CT molecular complexity index is 1430. The molecule has 0 spiro atoms. The highest BCUT2D eigenvalue weighted by Gasteiger charge is 2.45. The zero-order valence-electron chi connectivity index (χ0n) is 23.2. The van der Waals surface area contributed by atoms with E-state index in [4.69, 9.17) is 9.47 Å². The van der Waals surface area contributed by atoms with E-state index in [9.17, 15) is 9.59 Å². The molecule has 4 aromatic rings. The smallest absolute Gasteiger partial charge is 0.155 e. The van der Waals surface area contributed by atoms with Crippen LogP contribution in [0.3, 0.4) is 0 Å². The number of hydrogen-bond donors (Lipinski definition) is 0. The third kappa shape index (κ3) is 5.64. The normalized spacial score (nSPS) is 12.6. The van der Waals surface area contributed by atoms with Gasteiger partial charge in [-0.3, -0.25) is 9.59 Å². The predicted molar refractivity (Wildman–Crippen MR) is 164 cm³/mol. The fraction of sp³-hybridized carbons (Fsp3) is 0.189. The van der Waals surface area contributed by atoms with E-state index in [1.165, 1.54) is 34.4 Å². The van der Waals surface area contributed by atoms with Crippen LogP contribution in [-0.2, 0) is 15.0 Å². The molecule has 41 heavy (non-hydrogen) atoms. The largest absolute Gasteiger partial charge is 0.494 e. The maximum absolute atomic E-state index is 11.5. The second kappa shape index (κ2) is 12.6. The Morgan fingerprint density at radius 2 is 0.976 bits per heavy atom. The topological polar surface area (TPSA) is 52.6 Å². The van der Waals surface area contributed by atoms with E-state index < -0.39 is 5.41 Å². The summed E-state index contributed by atoms with van der Waals surface area (Å²) in [6.45, 7) is 8.00. The summed E-state index contributed by atoms with van der Waals surface area (Å²) < 4.78 is 11.9. The molecule has 1 aliphatic carbocycles.